The average molecular weight is 150 g/mol. The predicted octanol–water partition coefficient (Wildman–Crippen LogP) is 0.921. The highest BCUT2D eigenvalue weighted by atomic mass is 19.4. The van der Waals surface area contributed by atoms with Crippen LogP contribution in [0, 0.1) is 6.54 Å². The number of hydrogen-bond donors (Lipinski definition) is 1. The summed E-state index contributed by atoms with van der Waals surface area (Å²) >= 11 is 0. The van der Waals surface area contributed by atoms with Crippen LogP contribution in [-0.4, -0.2) is 18.2 Å². The van der Waals surface area contributed by atoms with Crippen molar-refractivity contribution < 1.29 is 13.2 Å². The molecule has 1 rings (SSSR count). The van der Waals surface area contributed by atoms with Crippen molar-refractivity contribution in [3.63, 3.8) is 0 Å². The van der Waals surface area contributed by atoms with Crippen LogP contribution in [0.5, 0.6) is 0 Å². The minimum Gasteiger partial charge on any atom is -0.314 e. The van der Waals surface area contributed by atoms with Gasteiger partial charge in [-0.05, 0) is 6.08 Å². The van der Waals surface area contributed by atoms with Gasteiger partial charge < -0.3 is 5.43 Å². The predicted molar refractivity (Wildman–Crippen MR) is 28.3 cm³/mol. The number of nitrogens with one attached hydrogen (secondary N) is 1. The molecule has 1 aliphatic rings. The first-order chi connectivity index (χ1) is 4.50. The van der Waals surface area contributed by atoms with Gasteiger partial charge in [0, 0.05) is 7.05 Å². The van der Waals surface area contributed by atoms with E-state index in [1.54, 1.807) is 0 Å². The SMILES string of the molecule is CN1[C]C=C(C(F)(F)F)N1. The zero-order valence-corrected chi connectivity index (χ0v) is 5.16. The van der Waals surface area contributed by atoms with Crippen LogP contribution in [0.4, 0.5) is 13.2 Å². The van der Waals surface area contributed by atoms with Crippen molar-refractivity contribution in [2.24, 2.45) is 0 Å². The van der Waals surface area contributed by atoms with E-state index < -0.39 is 11.9 Å². The minimum atomic E-state index is -4.29. The summed E-state index contributed by atoms with van der Waals surface area (Å²) in [6.07, 6.45) is -3.43. The fourth-order valence-electron chi connectivity index (χ4n) is 0.552. The number of nitrogens with zero attached hydrogens (tertiary/aromatic N) is 1. The molecule has 0 spiro atoms. The zero-order chi connectivity index (χ0) is 7.78. The summed E-state index contributed by atoms with van der Waals surface area (Å²) in [4.78, 5) is 0. The Kier molecular flexibility index (Phi) is 1.60. The second-order valence-electron chi connectivity index (χ2n) is 1.86. The Morgan fingerprint density at radius 1 is 1.60 bits per heavy atom. The summed E-state index contributed by atoms with van der Waals surface area (Å²) in [6.45, 7) is 2.32. The quantitative estimate of drug-likeness (QED) is 0.552. The molecule has 0 aliphatic carbocycles. The molecule has 0 atom stereocenters. The van der Waals surface area contributed by atoms with Crippen molar-refractivity contribution in [2.75, 3.05) is 7.05 Å². The normalized spacial score (nSPS) is 20.6. The first kappa shape index (κ1) is 7.40. The Labute approximate surface area is 56.3 Å². The van der Waals surface area contributed by atoms with Crippen molar-refractivity contribution in [1.29, 1.82) is 0 Å². The smallest absolute Gasteiger partial charge is 0.314 e. The molecule has 1 N–H and O–H groups in total. The second kappa shape index (κ2) is 2.16. The van der Waals surface area contributed by atoms with Gasteiger partial charge >= 0.3 is 6.18 Å². The Morgan fingerprint density at radius 3 is 2.40 bits per heavy atom. The molecule has 2 radical (unpaired) electrons. The van der Waals surface area contributed by atoms with Crippen LogP contribution in [0.1, 0.15) is 0 Å². The summed E-state index contributed by atoms with van der Waals surface area (Å²) < 4.78 is 35.2. The number of alkyl halides is 3. The molecule has 10 heavy (non-hydrogen) atoms. The molecule has 0 aromatic heterocycles. The Bertz CT molecular complexity index is 161. The molecule has 2 nitrogen and oxygen atoms in total. The van der Waals surface area contributed by atoms with Gasteiger partial charge in [-0.3, -0.25) is 0 Å². The highest BCUT2D eigenvalue weighted by molar-refractivity contribution is 5.15. The molecule has 0 bridgehead atoms. The molecule has 0 saturated heterocycles. The minimum absolute atomic E-state index is 0.782. The largest absolute Gasteiger partial charge is 0.431 e. The van der Waals surface area contributed by atoms with Crippen LogP contribution in [-0.2, 0) is 0 Å². The van der Waals surface area contributed by atoms with Gasteiger partial charge in [0.2, 0.25) is 0 Å². The Hall–Kier alpha value is -0.710. The molecule has 0 saturated carbocycles. The number of halogens is 3. The first-order valence-corrected chi connectivity index (χ1v) is 2.54. The molecule has 0 amide bonds. The second-order valence-corrected chi connectivity index (χ2v) is 1.86. The lowest BCUT2D eigenvalue weighted by Crippen LogP contribution is -2.31. The lowest BCUT2D eigenvalue weighted by Gasteiger charge is -2.12. The fourth-order valence-corrected chi connectivity index (χ4v) is 0.552. The van der Waals surface area contributed by atoms with E-state index in [0.717, 1.165) is 11.1 Å². The van der Waals surface area contributed by atoms with Crippen molar-refractivity contribution in [1.82, 2.24) is 10.4 Å². The van der Waals surface area contributed by atoms with Crippen LogP contribution in [0.15, 0.2) is 11.8 Å². The molecule has 56 valence electrons. The standard InChI is InChI=1S/C5H5F3N2/c1-10-3-2-4(9-10)5(6,7)8/h2,9H,1H3. The van der Waals surface area contributed by atoms with E-state index >= 15 is 0 Å². The van der Waals surface area contributed by atoms with Crippen LogP contribution in [0.3, 0.4) is 0 Å². The molecule has 0 fully saturated rings. The summed E-state index contributed by atoms with van der Waals surface area (Å²) in [5, 5.41) is 1.11. The highest BCUT2D eigenvalue weighted by Gasteiger charge is 2.36. The van der Waals surface area contributed by atoms with Gasteiger partial charge in [-0.1, -0.05) is 0 Å². The van der Waals surface area contributed by atoms with E-state index in [1.807, 2.05) is 0 Å². The molecule has 1 aliphatic heterocycles. The van der Waals surface area contributed by atoms with E-state index in [2.05, 4.69) is 12.0 Å². The Morgan fingerprint density at radius 2 is 2.20 bits per heavy atom. The third-order valence-corrected chi connectivity index (χ3v) is 0.996. The molecular formula is C5H5F3N2. The maximum Gasteiger partial charge on any atom is 0.431 e. The molecule has 1 heterocycles. The maximum atomic E-state index is 11.7. The number of allylic oxidation sites excluding steroid dienone is 1. The van der Waals surface area contributed by atoms with E-state index in [0.29, 0.717) is 0 Å². The van der Waals surface area contributed by atoms with E-state index in [-0.39, 0.29) is 0 Å². The van der Waals surface area contributed by atoms with Crippen LogP contribution < -0.4 is 5.43 Å². The first-order valence-electron chi connectivity index (χ1n) is 2.54. The van der Waals surface area contributed by atoms with Gasteiger partial charge in [0.15, 0.2) is 0 Å². The average Bonchev–Trinajstić information content (AvgIpc) is 2.11. The van der Waals surface area contributed by atoms with Gasteiger partial charge in [-0.15, -0.1) is 0 Å². The van der Waals surface area contributed by atoms with Crippen LogP contribution >= 0.6 is 0 Å². The highest BCUT2D eigenvalue weighted by Crippen LogP contribution is 2.26. The number of rotatable bonds is 0. The van der Waals surface area contributed by atoms with E-state index in [9.17, 15) is 13.2 Å². The monoisotopic (exact) mass is 150 g/mol. The van der Waals surface area contributed by atoms with Crippen LogP contribution in [0.2, 0.25) is 0 Å². The molecule has 0 unspecified atom stereocenters. The molecule has 0 aromatic rings. The molecule has 5 heteroatoms. The maximum absolute atomic E-state index is 11.7. The summed E-state index contributed by atoms with van der Waals surface area (Å²) in [6, 6.07) is 0. The number of likely N-dealkylation sites (N-methyl/N-ethyl adjacent to an activating group) is 1. The summed E-state index contributed by atoms with van der Waals surface area (Å²) in [5.41, 5.74) is 1.27. The van der Waals surface area contributed by atoms with Gasteiger partial charge in [-0.25, -0.2) is 5.01 Å². The molecular weight excluding hydrogens is 145 g/mol. The van der Waals surface area contributed by atoms with Gasteiger partial charge in [-0.2, -0.15) is 13.2 Å². The Balaban J connectivity index is 2.60. The van der Waals surface area contributed by atoms with Crippen molar-refractivity contribution in [3.05, 3.63) is 18.3 Å². The van der Waals surface area contributed by atoms with Crippen LogP contribution in [0.25, 0.3) is 0 Å². The van der Waals surface area contributed by atoms with Crippen molar-refractivity contribution in [2.45, 2.75) is 6.18 Å². The number of hydrogen-bond acceptors (Lipinski definition) is 2. The van der Waals surface area contributed by atoms with Crippen molar-refractivity contribution in [3.8, 4) is 0 Å². The van der Waals surface area contributed by atoms with Gasteiger partial charge in [0.1, 0.15) is 12.2 Å². The lowest BCUT2D eigenvalue weighted by molar-refractivity contribution is -0.0994. The van der Waals surface area contributed by atoms with Crippen molar-refractivity contribution >= 4 is 0 Å². The lowest BCUT2D eigenvalue weighted by atomic mass is 10.4. The topological polar surface area (TPSA) is 15.3 Å². The summed E-state index contributed by atoms with van der Waals surface area (Å²) in [7, 11) is 1.44. The third-order valence-electron chi connectivity index (χ3n) is 0.996. The van der Waals surface area contributed by atoms with Gasteiger partial charge in [0.05, 0.1) is 0 Å². The third kappa shape index (κ3) is 1.41. The van der Waals surface area contributed by atoms with Gasteiger partial charge in [0.25, 0.3) is 0 Å². The molecule has 0 aromatic carbocycles. The van der Waals surface area contributed by atoms with E-state index in [1.165, 1.54) is 7.05 Å². The fraction of sp³-hybridized carbons (Fsp3) is 0.400. The zero-order valence-electron chi connectivity index (χ0n) is 5.16. The number of hydrazine groups is 1. The summed E-state index contributed by atoms with van der Waals surface area (Å²) in [5.74, 6) is 0. The van der Waals surface area contributed by atoms with E-state index in [4.69, 9.17) is 0 Å².